The van der Waals surface area contributed by atoms with Crippen LogP contribution in [-0.2, 0) is 4.74 Å². The Hall–Kier alpha value is -0.380. The molecule has 2 N–H and O–H groups in total. The maximum atomic E-state index is 12.0. The van der Waals surface area contributed by atoms with Gasteiger partial charge in [-0.25, -0.2) is 0 Å². The van der Waals surface area contributed by atoms with Crippen LogP contribution in [0.3, 0.4) is 0 Å². The lowest BCUT2D eigenvalue weighted by atomic mass is 9.54. The molecule has 6 aliphatic rings. The maximum Gasteiger partial charge on any atom is 0.0633 e. The van der Waals surface area contributed by atoms with Crippen molar-refractivity contribution in [2.45, 2.75) is 162 Å². The van der Waals surface area contributed by atoms with E-state index < -0.39 is 0 Å². The highest BCUT2D eigenvalue weighted by Gasteiger charge is 2.51. The highest BCUT2D eigenvalue weighted by Crippen LogP contribution is 2.59. The van der Waals surface area contributed by atoms with Gasteiger partial charge >= 0.3 is 0 Å². The van der Waals surface area contributed by atoms with Crippen molar-refractivity contribution in [1.29, 1.82) is 0 Å². The Morgan fingerprint density at radius 1 is 0.886 bits per heavy atom. The quantitative estimate of drug-likeness (QED) is 0.269. The van der Waals surface area contributed by atoms with Crippen LogP contribution in [0.4, 0.5) is 0 Å². The molecule has 11 atom stereocenters. The monoisotopic (exact) mass is 611 g/mol. The number of hydrogen-bond acceptors (Lipinski definition) is 3. The van der Waals surface area contributed by atoms with Crippen LogP contribution >= 0.6 is 0 Å². The minimum Gasteiger partial charge on any atom is -0.393 e. The van der Waals surface area contributed by atoms with Crippen LogP contribution in [0, 0.1) is 75.9 Å². The van der Waals surface area contributed by atoms with E-state index in [1.807, 2.05) is 7.11 Å². The van der Waals surface area contributed by atoms with Crippen molar-refractivity contribution in [3.8, 4) is 0 Å². The zero-order chi connectivity index (χ0) is 31.4. The molecule has 0 radical (unpaired) electrons. The van der Waals surface area contributed by atoms with Crippen molar-refractivity contribution < 1.29 is 14.9 Å². The number of ether oxygens (including phenoxy) is 1. The van der Waals surface area contributed by atoms with Crippen LogP contribution in [0.25, 0.3) is 0 Å². The lowest BCUT2D eigenvalue weighted by Gasteiger charge is -2.52. The molecule has 6 fully saturated rings. The number of hydrogen-bond donors (Lipinski definition) is 2. The highest BCUT2D eigenvalue weighted by molar-refractivity contribution is 5.11. The molecule has 0 saturated heterocycles. The predicted octanol–water partition coefficient (Wildman–Crippen LogP) is 9.84. The molecule has 0 aromatic heterocycles. The van der Waals surface area contributed by atoms with Gasteiger partial charge in [0.05, 0.1) is 18.3 Å². The molecule has 6 saturated carbocycles. The second kappa shape index (κ2) is 13.3. The Bertz CT molecular complexity index is 960. The Kier molecular flexibility index (Phi) is 10.1. The zero-order valence-corrected chi connectivity index (χ0v) is 29.6. The second-order valence-electron chi connectivity index (χ2n) is 18.9. The topological polar surface area (TPSA) is 49.7 Å². The first-order valence-electron chi connectivity index (χ1n) is 19.5. The van der Waals surface area contributed by atoms with Crippen LogP contribution < -0.4 is 0 Å². The van der Waals surface area contributed by atoms with Gasteiger partial charge in [0.25, 0.3) is 0 Å². The van der Waals surface area contributed by atoms with Gasteiger partial charge in [-0.05, 0) is 166 Å². The van der Waals surface area contributed by atoms with E-state index in [0.717, 1.165) is 37.0 Å². The minimum atomic E-state index is -0.309. The summed E-state index contributed by atoms with van der Waals surface area (Å²) in [4.78, 5) is 0. The molecular weight excluding hydrogens is 540 g/mol. The summed E-state index contributed by atoms with van der Waals surface area (Å²) in [6.45, 7) is 16.4. The van der Waals surface area contributed by atoms with Crippen molar-refractivity contribution in [1.82, 2.24) is 0 Å². The van der Waals surface area contributed by atoms with Crippen LogP contribution in [-0.4, -0.2) is 35.6 Å². The molecular formula is C41H70O3. The molecule has 0 aromatic carbocycles. The van der Waals surface area contributed by atoms with Gasteiger partial charge in [0.15, 0.2) is 0 Å². The summed E-state index contributed by atoms with van der Waals surface area (Å²) in [5.74, 6) is 6.72. The van der Waals surface area contributed by atoms with E-state index >= 15 is 0 Å². The number of fused-ring (bicyclic) bond motifs is 1. The van der Waals surface area contributed by atoms with Crippen LogP contribution in [0.1, 0.15) is 144 Å². The summed E-state index contributed by atoms with van der Waals surface area (Å²) < 4.78 is 5.66. The van der Waals surface area contributed by atoms with E-state index in [1.54, 1.807) is 0 Å². The third-order valence-electron chi connectivity index (χ3n) is 15.7. The van der Waals surface area contributed by atoms with Gasteiger partial charge in [-0.15, -0.1) is 0 Å². The first kappa shape index (κ1) is 33.5. The summed E-state index contributed by atoms with van der Waals surface area (Å²) in [5.41, 5.74) is 2.41. The van der Waals surface area contributed by atoms with Crippen molar-refractivity contribution in [3.63, 3.8) is 0 Å². The van der Waals surface area contributed by atoms with Gasteiger partial charge in [-0.2, -0.15) is 0 Å². The summed E-state index contributed by atoms with van der Waals surface area (Å²) in [5, 5.41) is 23.6. The molecule has 6 aliphatic carbocycles. The second-order valence-corrected chi connectivity index (χ2v) is 18.9. The van der Waals surface area contributed by atoms with Crippen molar-refractivity contribution in [2.75, 3.05) is 7.11 Å². The number of aliphatic hydroxyl groups excluding tert-OH is 2. The number of aliphatic hydroxyl groups is 2. The molecule has 0 heterocycles. The first-order valence-corrected chi connectivity index (χ1v) is 19.5. The van der Waals surface area contributed by atoms with Crippen molar-refractivity contribution in [2.24, 2.45) is 75.9 Å². The Labute approximate surface area is 271 Å². The standard InChI is InChI=1S/C41H70O3/c1-25-20-34(44-7)21-26(2)36(25)38(42)27(3)19-32-22-31-9-8-10-35(37(31)28(32)4)39(43)30-13-17-41(18-14-30)15-11-29(12-16-41)33-23-40(5,6)24-33/h26-39,42-43H,1,8-24H2,2-7H3. The average Bonchev–Trinajstić information content (AvgIpc) is 3.30. The van der Waals surface area contributed by atoms with E-state index in [0.29, 0.717) is 46.3 Å². The van der Waals surface area contributed by atoms with Crippen molar-refractivity contribution >= 4 is 0 Å². The fraction of sp³-hybridized carbons (Fsp3) is 0.951. The Morgan fingerprint density at radius 3 is 2.16 bits per heavy atom. The predicted molar refractivity (Wildman–Crippen MR) is 182 cm³/mol. The molecule has 11 unspecified atom stereocenters. The molecule has 0 aromatic rings. The molecule has 3 nitrogen and oxygen atoms in total. The molecule has 44 heavy (non-hydrogen) atoms. The van der Waals surface area contributed by atoms with Crippen LogP contribution in [0.5, 0.6) is 0 Å². The first-order chi connectivity index (χ1) is 20.9. The maximum absolute atomic E-state index is 12.0. The summed E-state index contributed by atoms with van der Waals surface area (Å²) in [6, 6.07) is 0. The van der Waals surface area contributed by atoms with Gasteiger partial charge in [-0.1, -0.05) is 59.6 Å². The third-order valence-corrected chi connectivity index (χ3v) is 15.7. The van der Waals surface area contributed by atoms with E-state index in [1.165, 1.54) is 95.5 Å². The average molecular weight is 611 g/mol. The summed E-state index contributed by atoms with van der Waals surface area (Å²) >= 11 is 0. The van der Waals surface area contributed by atoms with E-state index in [4.69, 9.17) is 4.74 Å². The summed E-state index contributed by atoms with van der Waals surface area (Å²) in [7, 11) is 1.81. The fourth-order valence-corrected chi connectivity index (χ4v) is 13.1. The molecule has 6 rings (SSSR count). The molecule has 0 aliphatic heterocycles. The van der Waals surface area contributed by atoms with Crippen LogP contribution in [0.2, 0.25) is 0 Å². The van der Waals surface area contributed by atoms with Gasteiger partial charge in [0, 0.05) is 13.0 Å². The molecule has 0 amide bonds. The lowest BCUT2D eigenvalue weighted by Crippen LogP contribution is -2.44. The van der Waals surface area contributed by atoms with Gasteiger partial charge in [-0.3, -0.25) is 0 Å². The van der Waals surface area contributed by atoms with Crippen molar-refractivity contribution in [3.05, 3.63) is 12.2 Å². The number of rotatable bonds is 8. The summed E-state index contributed by atoms with van der Waals surface area (Å²) in [6.07, 6.45) is 22.2. The van der Waals surface area contributed by atoms with E-state index in [2.05, 4.69) is 41.2 Å². The van der Waals surface area contributed by atoms with Gasteiger partial charge < -0.3 is 14.9 Å². The highest BCUT2D eigenvalue weighted by atomic mass is 16.5. The Morgan fingerprint density at radius 2 is 1.55 bits per heavy atom. The van der Waals surface area contributed by atoms with Crippen LogP contribution in [0.15, 0.2) is 12.2 Å². The largest absolute Gasteiger partial charge is 0.393 e. The van der Waals surface area contributed by atoms with Gasteiger partial charge in [0.2, 0.25) is 0 Å². The zero-order valence-electron chi connectivity index (χ0n) is 29.6. The molecule has 0 bridgehead atoms. The lowest BCUT2D eigenvalue weighted by molar-refractivity contribution is -0.0524. The normalized spacial score (nSPS) is 46.7. The van der Waals surface area contributed by atoms with E-state index in [-0.39, 0.29) is 30.1 Å². The number of methoxy groups -OCH3 is 1. The van der Waals surface area contributed by atoms with E-state index in [9.17, 15) is 10.2 Å². The Balaban J connectivity index is 1.01. The smallest absolute Gasteiger partial charge is 0.0633 e. The van der Waals surface area contributed by atoms with Gasteiger partial charge in [0.1, 0.15) is 0 Å². The molecule has 252 valence electrons. The SMILES string of the molecule is C=C1CC(OC)CC(C)C1C(O)C(C)CC1CC2CCCC(C(O)C3CCC4(CCC(C5CC(C)(C)C5)CC4)CC3)C2C1C. The molecule has 1 spiro atoms. The third kappa shape index (κ3) is 6.65. The fourth-order valence-electron chi connectivity index (χ4n) is 13.1. The molecule has 3 heteroatoms. The minimum absolute atomic E-state index is 0.0990.